The predicted molar refractivity (Wildman–Crippen MR) is 146 cm³/mol. The lowest BCUT2D eigenvalue weighted by Gasteiger charge is -2.28. The smallest absolute Gasteiger partial charge is 0.165 e. The zero-order valence-corrected chi connectivity index (χ0v) is 22.3. The van der Waals surface area contributed by atoms with Gasteiger partial charge in [-0.05, 0) is 91.2 Å². The molecular formula is C28H28BrFN4O3. The number of nitrogens with zero attached hydrogens (tertiary/aromatic N) is 3. The van der Waals surface area contributed by atoms with Crippen molar-refractivity contribution >= 4 is 38.3 Å². The van der Waals surface area contributed by atoms with Gasteiger partial charge in [0.2, 0.25) is 0 Å². The van der Waals surface area contributed by atoms with E-state index in [2.05, 4.69) is 43.2 Å². The van der Waals surface area contributed by atoms with E-state index in [1.54, 1.807) is 31.4 Å². The number of hydrogen-bond acceptors (Lipinski definition) is 7. The Morgan fingerprint density at radius 2 is 1.81 bits per heavy atom. The number of ether oxygens (including phenoxy) is 3. The van der Waals surface area contributed by atoms with Gasteiger partial charge in [-0.2, -0.15) is 0 Å². The van der Waals surface area contributed by atoms with Gasteiger partial charge in [-0.3, -0.25) is 0 Å². The summed E-state index contributed by atoms with van der Waals surface area (Å²) in [6, 6.07) is 15.5. The Balaban J connectivity index is 1.34. The minimum Gasteiger partial charge on any atom is -0.493 e. The number of likely N-dealkylation sites (tertiary alicyclic amines) is 1. The maximum absolute atomic E-state index is 14.0. The molecule has 0 saturated carbocycles. The van der Waals surface area contributed by atoms with Crippen LogP contribution in [0.15, 0.2) is 65.4 Å². The van der Waals surface area contributed by atoms with E-state index >= 15 is 0 Å². The van der Waals surface area contributed by atoms with E-state index in [0.29, 0.717) is 40.1 Å². The summed E-state index contributed by atoms with van der Waals surface area (Å²) in [5, 5.41) is 4.14. The molecule has 3 aromatic carbocycles. The third-order valence-corrected chi connectivity index (χ3v) is 7.10. The van der Waals surface area contributed by atoms with E-state index in [1.807, 2.05) is 24.3 Å². The predicted octanol–water partition coefficient (Wildman–Crippen LogP) is 6.80. The van der Waals surface area contributed by atoms with Gasteiger partial charge in [0.15, 0.2) is 23.1 Å². The van der Waals surface area contributed by atoms with Gasteiger partial charge in [0.1, 0.15) is 17.9 Å². The monoisotopic (exact) mass is 566 g/mol. The fourth-order valence-electron chi connectivity index (χ4n) is 4.32. The van der Waals surface area contributed by atoms with Crippen LogP contribution in [0.3, 0.4) is 0 Å². The lowest BCUT2D eigenvalue weighted by atomic mass is 9.98. The van der Waals surface area contributed by atoms with Crippen molar-refractivity contribution in [1.82, 2.24) is 14.9 Å². The molecule has 0 spiro atoms. The minimum absolute atomic E-state index is 0.159. The van der Waals surface area contributed by atoms with Crippen LogP contribution in [0, 0.1) is 11.7 Å². The van der Waals surface area contributed by atoms with Crippen molar-refractivity contribution in [3.8, 4) is 23.0 Å². The molecule has 5 rings (SSSR count). The maximum Gasteiger partial charge on any atom is 0.165 e. The largest absolute Gasteiger partial charge is 0.493 e. The van der Waals surface area contributed by atoms with Crippen LogP contribution in [0.5, 0.6) is 23.0 Å². The normalized spacial score (nSPS) is 14.5. The molecule has 0 bridgehead atoms. The molecule has 1 fully saturated rings. The standard InChI is InChI=1S/C28H28BrFN4O3/c1-34-11-9-18(10-12-34)16-36-27-15-23-20(14-26(27)35-2)28(32-17-31-23)33-19-7-8-24(21(29)13-19)37-25-6-4-3-5-22(25)30/h3-8,13-15,17-18H,9-12,16H2,1-2H3,(H,31,32,33). The van der Waals surface area contributed by atoms with Gasteiger partial charge in [-0.15, -0.1) is 0 Å². The first-order chi connectivity index (χ1) is 18.0. The maximum atomic E-state index is 14.0. The summed E-state index contributed by atoms with van der Waals surface area (Å²) >= 11 is 3.52. The Kier molecular flexibility index (Phi) is 7.71. The highest BCUT2D eigenvalue weighted by molar-refractivity contribution is 9.10. The molecule has 2 heterocycles. The molecule has 4 aromatic rings. The third kappa shape index (κ3) is 5.94. The second kappa shape index (κ2) is 11.3. The molecule has 192 valence electrons. The number of para-hydroxylation sites is 1. The minimum atomic E-state index is -0.423. The molecule has 0 radical (unpaired) electrons. The molecule has 0 unspecified atom stereocenters. The topological polar surface area (TPSA) is 68.7 Å². The lowest BCUT2D eigenvalue weighted by molar-refractivity contribution is 0.157. The second-order valence-electron chi connectivity index (χ2n) is 9.10. The molecular weight excluding hydrogens is 539 g/mol. The number of nitrogens with one attached hydrogen (secondary N) is 1. The number of halogens is 2. The fourth-order valence-corrected chi connectivity index (χ4v) is 4.78. The van der Waals surface area contributed by atoms with Crippen LogP contribution >= 0.6 is 15.9 Å². The Bertz CT molecular complexity index is 1400. The molecule has 0 amide bonds. The van der Waals surface area contributed by atoms with Crippen molar-refractivity contribution < 1.29 is 18.6 Å². The summed E-state index contributed by atoms with van der Waals surface area (Å²) in [7, 11) is 3.79. The lowest BCUT2D eigenvalue weighted by Crippen LogP contribution is -2.32. The molecule has 7 nitrogen and oxygen atoms in total. The van der Waals surface area contributed by atoms with Gasteiger partial charge in [0, 0.05) is 17.1 Å². The number of piperidine rings is 1. The molecule has 9 heteroatoms. The summed E-state index contributed by atoms with van der Waals surface area (Å²) in [5.41, 5.74) is 1.52. The molecule has 1 aliphatic rings. The highest BCUT2D eigenvalue weighted by Gasteiger charge is 2.19. The van der Waals surface area contributed by atoms with Crippen LogP contribution in [-0.4, -0.2) is 48.7 Å². The van der Waals surface area contributed by atoms with Crippen LogP contribution in [-0.2, 0) is 0 Å². The zero-order chi connectivity index (χ0) is 25.8. The first-order valence-corrected chi connectivity index (χ1v) is 12.9. The Morgan fingerprint density at radius 3 is 2.57 bits per heavy atom. The number of hydrogen-bond donors (Lipinski definition) is 1. The first-order valence-electron chi connectivity index (χ1n) is 12.1. The number of methoxy groups -OCH3 is 1. The fraction of sp³-hybridized carbons (Fsp3) is 0.286. The third-order valence-electron chi connectivity index (χ3n) is 6.48. The first kappa shape index (κ1) is 25.2. The van der Waals surface area contributed by atoms with Crippen molar-refractivity contribution in [2.24, 2.45) is 5.92 Å². The SMILES string of the molecule is COc1cc2c(Nc3ccc(Oc4ccccc4F)c(Br)c3)ncnc2cc1OCC1CCN(C)CC1. The van der Waals surface area contributed by atoms with E-state index in [-0.39, 0.29) is 5.75 Å². The molecule has 1 N–H and O–H groups in total. The summed E-state index contributed by atoms with van der Waals surface area (Å²) in [6.07, 6.45) is 3.77. The molecule has 0 aliphatic carbocycles. The van der Waals surface area contributed by atoms with Gasteiger partial charge in [-0.1, -0.05) is 12.1 Å². The van der Waals surface area contributed by atoms with Crippen LogP contribution < -0.4 is 19.5 Å². The highest BCUT2D eigenvalue weighted by atomic mass is 79.9. The van der Waals surface area contributed by atoms with Crippen LogP contribution in [0.25, 0.3) is 10.9 Å². The van der Waals surface area contributed by atoms with Gasteiger partial charge >= 0.3 is 0 Å². The van der Waals surface area contributed by atoms with E-state index in [9.17, 15) is 4.39 Å². The molecule has 1 aliphatic heterocycles. The van der Waals surface area contributed by atoms with Gasteiger partial charge < -0.3 is 24.4 Å². The highest BCUT2D eigenvalue weighted by Crippen LogP contribution is 2.37. The quantitative estimate of drug-likeness (QED) is 0.251. The summed E-state index contributed by atoms with van der Waals surface area (Å²) in [6.45, 7) is 2.84. The van der Waals surface area contributed by atoms with Gasteiger partial charge in [0.25, 0.3) is 0 Å². The van der Waals surface area contributed by atoms with Gasteiger partial charge in [0.05, 0.1) is 23.7 Å². The number of aromatic nitrogens is 2. The van der Waals surface area contributed by atoms with E-state index in [0.717, 1.165) is 42.5 Å². The van der Waals surface area contributed by atoms with E-state index in [4.69, 9.17) is 14.2 Å². The van der Waals surface area contributed by atoms with Crippen LogP contribution in [0.4, 0.5) is 15.9 Å². The second-order valence-corrected chi connectivity index (χ2v) is 9.96. The van der Waals surface area contributed by atoms with Crippen molar-refractivity contribution in [2.75, 3.05) is 39.2 Å². The van der Waals surface area contributed by atoms with Crippen molar-refractivity contribution in [2.45, 2.75) is 12.8 Å². The van der Waals surface area contributed by atoms with Crippen molar-refractivity contribution in [3.05, 3.63) is 71.2 Å². The molecule has 1 aromatic heterocycles. The number of fused-ring (bicyclic) bond motifs is 1. The number of rotatable bonds is 8. The summed E-state index contributed by atoms with van der Waals surface area (Å²) < 4.78 is 32.2. The zero-order valence-electron chi connectivity index (χ0n) is 20.7. The Morgan fingerprint density at radius 1 is 1.00 bits per heavy atom. The molecule has 37 heavy (non-hydrogen) atoms. The Hall–Kier alpha value is -3.43. The van der Waals surface area contributed by atoms with E-state index in [1.165, 1.54) is 12.4 Å². The molecule has 1 saturated heterocycles. The van der Waals surface area contributed by atoms with Gasteiger partial charge in [-0.25, -0.2) is 14.4 Å². The number of anilines is 2. The summed E-state index contributed by atoms with van der Waals surface area (Å²) in [4.78, 5) is 11.2. The Labute approximate surface area is 223 Å². The van der Waals surface area contributed by atoms with Crippen LogP contribution in [0.2, 0.25) is 0 Å². The molecule has 0 atom stereocenters. The summed E-state index contributed by atoms with van der Waals surface area (Å²) in [5.74, 6) is 2.70. The average molecular weight is 567 g/mol. The van der Waals surface area contributed by atoms with E-state index < -0.39 is 5.82 Å². The van der Waals surface area contributed by atoms with Crippen LogP contribution in [0.1, 0.15) is 12.8 Å². The average Bonchev–Trinajstić information content (AvgIpc) is 2.90. The van der Waals surface area contributed by atoms with Crippen molar-refractivity contribution in [3.63, 3.8) is 0 Å². The number of benzene rings is 3. The van der Waals surface area contributed by atoms with Crippen molar-refractivity contribution in [1.29, 1.82) is 0 Å².